The largest absolute Gasteiger partial charge is 0.398 e. The molecule has 2 aromatic rings. The Labute approximate surface area is 176 Å². The molecule has 6 N–H and O–H groups in total. The number of hydrogen-bond donors (Lipinski definition) is 5. The Morgan fingerprint density at radius 1 is 1.03 bits per heavy atom. The fraction of sp³-hybridized carbons (Fsp3) is 0.348. The number of piperidine rings is 1. The maximum atomic E-state index is 13.1. The van der Waals surface area contributed by atoms with Crippen LogP contribution in [0.15, 0.2) is 54.6 Å². The first-order chi connectivity index (χ1) is 14.5. The smallest absolute Gasteiger partial charge is 0.270 e. The van der Waals surface area contributed by atoms with E-state index in [0.29, 0.717) is 11.3 Å². The minimum absolute atomic E-state index is 0.000839. The van der Waals surface area contributed by atoms with Gasteiger partial charge in [-0.15, -0.1) is 0 Å². The van der Waals surface area contributed by atoms with E-state index in [9.17, 15) is 9.59 Å². The lowest BCUT2D eigenvalue weighted by Gasteiger charge is -2.31. The van der Waals surface area contributed by atoms with Gasteiger partial charge in [0.1, 0.15) is 11.8 Å². The van der Waals surface area contributed by atoms with Gasteiger partial charge in [0.25, 0.3) is 5.91 Å². The molecule has 0 spiro atoms. The zero-order chi connectivity index (χ0) is 21.5. The minimum Gasteiger partial charge on any atom is -0.398 e. The van der Waals surface area contributed by atoms with Crippen LogP contribution in [0.25, 0.3) is 0 Å². The zero-order valence-corrected chi connectivity index (χ0v) is 17.2. The lowest BCUT2D eigenvalue weighted by molar-refractivity contribution is -0.128. The Kier molecular flexibility index (Phi) is 7.19. The van der Waals surface area contributed by atoms with Crippen molar-refractivity contribution >= 4 is 23.2 Å². The molecule has 0 aromatic heterocycles. The van der Waals surface area contributed by atoms with Gasteiger partial charge in [0, 0.05) is 11.3 Å². The third-order valence-corrected chi connectivity index (χ3v) is 5.54. The summed E-state index contributed by atoms with van der Waals surface area (Å²) in [6.45, 7) is 3.50. The van der Waals surface area contributed by atoms with E-state index in [1.165, 1.54) is 0 Å². The van der Waals surface area contributed by atoms with Crippen LogP contribution in [0.1, 0.15) is 36.9 Å². The van der Waals surface area contributed by atoms with Gasteiger partial charge in [-0.1, -0.05) is 48.5 Å². The van der Waals surface area contributed by atoms with Crippen LogP contribution in [0, 0.1) is 11.3 Å². The fourth-order valence-corrected chi connectivity index (χ4v) is 3.76. The van der Waals surface area contributed by atoms with E-state index in [1.807, 2.05) is 37.3 Å². The molecule has 2 aromatic carbocycles. The Bertz CT molecular complexity index is 893. The molecule has 1 aliphatic heterocycles. The summed E-state index contributed by atoms with van der Waals surface area (Å²) >= 11 is 0. The van der Waals surface area contributed by atoms with Crippen LogP contribution < -0.4 is 21.7 Å². The molecule has 1 heterocycles. The number of nitrogens with one attached hydrogen (secondary N) is 4. The molecule has 30 heavy (non-hydrogen) atoms. The number of benzene rings is 2. The molecule has 7 nitrogen and oxygen atoms in total. The number of rotatable bonds is 7. The van der Waals surface area contributed by atoms with Gasteiger partial charge in [0.15, 0.2) is 0 Å². The number of nitrogens with two attached hydrogens (primary N) is 1. The van der Waals surface area contributed by atoms with Crippen molar-refractivity contribution in [3.05, 3.63) is 65.7 Å². The van der Waals surface area contributed by atoms with Gasteiger partial charge in [-0.25, -0.2) is 0 Å². The number of hydrogen-bond acceptors (Lipinski definition) is 5. The van der Waals surface area contributed by atoms with Gasteiger partial charge >= 0.3 is 0 Å². The highest BCUT2D eigenvalue weighted by Gasteiger charge is 2.32. The van der Waals surface area contributed by atoms with E-state index in [4.69, 9.17) is 11.1 Å². The van der Waals surface area contributed by atoms with Crippen molar-refractivity contribution in [3.8, 4) is 0 Å². The molecule has 3 rings (SSSR count). The Morgan fingerprint density at radius 2 is 1.67 bits per heavy atom. The van der Waals surface area contributed by atoms with Crippen LogP contribution in [0.3, 0.4) is 0 Å². The normalized spacial score (nSPS) is 16.3. The van der Waals surface area contributed by atoms with Crippen molar-refractivity contribution in [2.45, 2.75) is 31.8 Å². The van der Waals surface area contributed by atoms with Gasteiger partial charge in [-0.2, -0.15) is 0 Å². The van der Waals surface area contributed by atoms with Crippen molar-refractivity contribution < 1.29 is 9.59 Å². The predicted molar refractivity (Wildman–Crippen MR) is 118 cm³/mol. The van der Waals surface area contributed by atoms with Crippen molar-refractivity contribution in [2.75, 3.05) is 18.8 Å². The van der Waals surface area contributed by atoms with Crippen LogP contribution in [0.2, 0.25) is 0 Å². The number of anilines is 1. The first-order valence-corrected chi connectivity index (χ1v) is 10.3. The molecule has 1 aliphatic rings. The predicted octanol–water partition coefficient (Wildman–Crippen LogP) is 2.00. The van der Waals surface area contributed by atoms with Gasteiger partial charge in [0.05, 0.1) is 6.04 Å². The molecule has 2 unspecified atom stereocenters. The van der Waals surface area contributed by atoms with Crippen LogP contribution in [-0.4, -0.2) is 36.7 Å². The Balaban J connectivity index is 1.75. The molecule has 158 valence electrons. The molecule has 2 amide bonds. The van der Waals surface area contributed by atoms with Crippen LogP contribution in [0.5, 0.6) is 0 Å². The number of amides is 2. The first-order valence-electron chi connectivity index (χ1n) is 10.3. The zero-order valence-electron chi connectivity index (χ0n) is 17.2. The lowest BCUT2D eigenvalue weighted by atomic mass is 9.89. The number of nitrogen functional groups attached to an aromatic ring is 1. The highest BCUT2D eigenvalue weighted by Crippen LogP contribution is 2.19. The second kappa shape index (κ2) is 10.0. The van der Waals surface area contributed by atoms with E-state index in [0.717, 1.165) is 31.5 Å². The van der Waals surface area contributed by atoms with E-state index >= 15 is 0 Å². The van der Waals surface area contributed by atoms with Crippen molar-refractivity contribution in [1.29, 1.82) is 5.41 Å². The first kappa shape index (κ1) is 21.5. The molecule has 7 heteroatoms. The average Bonchev–Trinajstić information content (AvgIpc) is 2.78. The van der Waals surface area contributed by atoms with Gasteiger partial charge in [-0.05, 0) is 50.4 Å². The Morgan fingerprint density at radius 3 is 2.33 bits per heavy atom. The summed E-state index contributed by atoms with van der Waals surface area (Å²) in [4.78, 5) is 26.0. The second-order valence-corrected chi connectivity index (χ2v) is 7.64. The monoisotopic (exact) mass is 407 g/mol. The number of para-hydroxylation sites is 1. The second-order valence-electron chi connectivity index (χ2n) is 7.64. The summed E-state index contributed by atoms with van der Waals surface area (Å²) in [6.07, 6.45) is 1.55. The quantitative estimate of drug-likeness (QED) is 0.356. The van der Waals surface area contributed by atoms with Crippen LogP contribution in [-0.2, 0) is 9.59 Å². The molecule has 0 radical (unpaired) electrons. The molecule has 2 atom stereocenters. The summed E-state index contributed by atoms with van der Waals surface area (Å²) in [5.41, 5.74) is 7.38. The maximum Gasteiger partial charge on any atom is 0.270 e. The summed E-state index contributed by atoms with van der Waals surface area (Å²) in [5.74, 6) is -0.835. The third kappa shape index (κ3) is 5.24. The molecule has 1 saturated heterocycles. The van der Waals surface area contributed by atoms with Gasteiger partial charge in [-0.3, -0.25) is 15.0 Å². The summed E-state index contributed by atoms with van der Waals surface area (Å²) < 4.78 is 0. The molecule has 1 fully saturated rings. The van der Waals surface area contributed by atoms with Gasteiger partial charge < -0.3 is 21.7 Å². The van der Waals surface area contributed by atoms with E-state index < -0.39 is 11.9 Å². The topological polar surface area (TPSA) is 120 Å². The fourth-order valence-electron chi connectivity index (χ4n) is 3.76. The van der Waals surface area contributed by atoms with Crippen molar-refractivity contribution in [3.63, 3.8) is 0 Å². The molecular weight excluding hydrogens is 378 g/mol. The molecular formula is C23H29N5O2. The maximum absolute atomic E-state index is 13.1. The summed E-state index contributed by atoms with van der Waals surface area (Å²) in [5, 5.41) is 17.4. The van der Waals surface area contributed by atoms with Crippen LogP contribution >= 0.6 is 0 Å². The van der Waals surface area contributed by atoms with E-state index in [1.54, 1.807) is 24.3 Å². The standard InChI is InChI=1S/C23H29N5O2/c1-15(16-7-3-2-4-8-16)27-23(30)21(17-11-13-26-14-12-17)28-22(29)20(25)18-9-5-6-10-19(18)24/h2-10,15,17,21,25-26H,11-14,24H2,1H3,(H,27,30)(H,28,29). The highest BCUT2D eigenvalue weighted by molar-refractivity contribution is 6.45. The van der Waals surface area contributed by atoms with Crippen molar-refractivity contribution in [2.24, 2.45) is 5.92 Å². The highest BCUT2D eigenvalue weighted by atomic mass is 16.2. The SMILES string of the molecule is CC(NC(=O)C(NC(=O)C(=N)c1ccccc1N)C1CCNCC1)c1ccccc1. The average molecular weight is 408 g/mol. The molecule has 0 aliphatic carbocycles. The van der Waals surface area contributed by atoms with E-state index in [2.05, 4.69) is 16.0 Å². The van der Waals surface area contributed by atoms with E-state index in [-0.39, 0.29) is 23.6 Å². The number of carbonyl (C=O) groups is 2. The third-order valence-electron chi connectivity index (χ3n) is 5.54. The Hall–Kier alpha value is -3.19. The molecule has 0 bridgehead atoms. The minimum atomic E-state index is -0.712. The molecule has 0 saturated carbocycles. The van der Waals surface area contributed by atoms with Crippen molar-refractivity contribution in [1.82, 2.24) is 16.0 Å². The summed E-state index contributed by atoms with van der Waals surface area (Å²) in [7, 11) is 0. The van der Waals surface area contributed by atoms with Crippen LogP contribution in [0.4, 0.5) is 5.69 Å². The van der Waals surface area contributed by atoms with Gasteiger partial charge in [0.2, 0.25) is 5.91 Å². The summed E-state index contributed by atoms with van der Waals surface area (Å²) in [6, 6.07) is 15.5. The lowest BCUT2D eigenvalue weighted by Crippen LogP contribution is -2.54. The number of carbonyl (C=O) groups excluding carboxylic acids is 2.